The van der Waals surface area contributed by atoms with Gasteiger partial charge in [0, 0.05) is 43.5 Å². The van der Waals surface area contributed by atoms with Crippen LogP contribution in [-0.2, 0) is 30.5 Å². The van der Waals surface area contributed by atoms with Crippen molar-refractivity contribution in [1.82, 2.24) is 26.6 Å². The zero-order valence-corrected chi connectivity index (χ0v) is 29.4. The number of nitrogens with one attached hydrogen (secondary N) is 5. The van der Waals surface area contributed by atoms with E-state index in [9.17, 15) is 33.9 Å². The molecule has 3 unspecified atom stereocenters. The highest BCUT2D eigenvalue weighted by molar-refractivity contribution is 7.98. The minimum atomic E-state index is -1.20. The predicted octanol–water partition coefficient (Wildman–Crippen LogP) is 3.18. The van der Waals surface area contributed by atoms with E-state index in [4.69, 9.17) is 0 Å². The Kier molecular flexibility index (Phi) is 21.1. The normalized spacial score (nSPS) is 12.9. The Bertz CT molecular complexity index is 1150. The van der Waals surface area contributed by atoms with Crippen molar-refractivity contribution in [2.45, 2.75) is 110 Å². The predicted molar refractivity (Wildman–Crippen MR) is 185 cm³/mol. The Morgan fingerprint density at radius 2 is 1.49 bits per heavy atom. The van der Waals surface area contributed by atoms with Gasteiger partial charge in [0.25, 0.3) is 5.91 Å². The summed E-state index contributed by atoms with van der Waals surface area (Å²) in [5, 5.41) is 23.4. The lowest BCUT2D eigenvalue weighted by molar-refractivity contribution is -0.142. The zero-order valence-electron chi connectivity index (χ0n) is 28.6. The molecule has 0 aromatic heterocycles. The van der Waals surface area contributed by atoms with Gasteiger partial charge in [-0.2, -0.15) is 11.8 Å². The van der Waals surface area contributed by atoms with Gasteiger partial charge >= 0.3 is 5.97 Å². The monoisotopic (exact) mass is 677 g/mol. The van der Waals surface area contributed by atoms with Gasteiger partial charge in [-0.1, -0.05) is 39.8 Å². The molecule has 0 aliphatic rings. The number of hydrogen-bond donors (Lipinski definition) is 6. The molecule has 1 aromatic rings. The van der Waals surface area contributed by atoms with Crippen molar-refractivity contribution in [3.05, 3.63) is 35.4 Å². The number of carbonyl (C=O) groups excluding carboxylic acids is 5. The molecule has 0 saturated carbocycles. The van der Waals surface area contributed by atoms with Crippen LogP contribution in [0.4, 0.5) is 0 Å². The molecular weight excluding hydrogens is 622 g/mol. The highest BCUT2D eigenvalue weighted by atomic mass is 32.2. The van der Waals surface area contributed by atoms with Crippen molar-refractivity contribution in [3.63, 3.8) is 0 Å². The molecule has 6 N–H and O–H groups in total. The van der Waals surface area contributed by atoms with E-state index in [1.165, 1.54) is 11.8 Å². The summed E-state index contributed by atoms with van der Waals surface area (Å²) >= 11 is 1.52. The van der Waals surface area contributed by atoms with Crippen LogP contribution >= 0.6 is 11.8 Å². The van der Waals surface area contributed by atoms with Gasteiger partial charge in [-0.15, -0.1) is 0 Å². The minimum Gasteiger partial charge on any atom is -0.480 e. The molecule has 0 aliphatic carbocycles. The summed E-state index contributed by atoms with van der Waals surface area (Å²) < 4.78 is 0. The van der Waals surface area contributed by atoms with Gasteiger partial charge in [0.2, 0.25) is 17.7 Å². The van der Waals surface area contributed by atoms with Crippen LogP contribution < -0.4 is 26.6 Å². The van der Waals surface area contributed by atoms with Gasteiger partial charge in [-0.3, -0.25) is 24.0 Å². The zero-order chi connectivity index (χ0) is 35.2. The SMILES string of the molecule is CCC(C)C(=O)CCCCC(=O)NCCCCC(NC(=O)CNC(=O)C(CCSC)NC(=O)c1ccc(CNC(C)C)cc1)C(=O)O. The first-order chi connectivity index (χ1) is 22.4. The fourth-order valence-corrected chi connectivity index (χ4v) is 4.96. The fourth-order valence-electron chi connectivity index (χ4n) is 4.48. The van der Waals surface area contributed by atoms with Crippen LogP contribution in [0.15, 0.2) is 24.3 Å². The molecule has 1 rings (SSSR count). The summed E-state index contributed by atoms with van der Waals surface area (Å²) in [6, 6.07) is 5.41. The number of unbranched alkanes of at least 4 members (excludes halogenated alkanes) is 2. The second kappa shape index (κ2) is 23.8. The van der Waals surface area contributed by atoms with Gasteiger partial charge < -0.3 is 31.7 Å². The molecule has 4 amide bonds. The van der Waals surface area contributed by atoms with Crippen LogP contribution in [0.1, 0.15) is 101 Å². The van der Waals surface area contributed by atoms with Crippen molar-refractivity contribution < 1.29 is 33.9 Å². The van der Waals surface area contributed by atoms with E-state index in [0.29, 0.717) is 75.4 Å². The van der Waals surface area contributed by atoms with Gasteiger partial charge in [-0.25, -0.2) is 4.79 Å². The second-order valence-electron chi connectivity index (χ2n) is 12.0. The highest BCUT2D eigenvalue weighted by Gasteiger charge is 2.24. The number of benzene rings is 1. The van der Waals surface area contributed by atoms with Crippen LogP contribution in [0.3, 0.4) is 0 Å². The highest BCUT2D eigenvalue weighted by Crippen LogP contribution is 2.10. The van der Waals surface area contributed by atoms with E-state index in [-0.39, 0.29) is 24.0 Å². The summed E-state index contributed by atoms with van der Waals surface area (Å²) in [6.45, 7) is 8.60. The molecule has 0 aliphatic heterocycles. The Labute approximate surface area is 283 Å². The first kappa shape index (κ1) is 41.6. The van der Waals surface area contributed by atoms with E-state index in [0.717, 1.165) is 12.0 Å². The Balaban J connectivity index is 2.46. The topological polar surface area (TPSA) is 183 Å². The van der Waals surface area contributed by atoms with Gasteiger partial charge in [0.1, 0.15) is 17.9 Å². The summed E-state index contributed by atoms with van der Waals surface area (Å²) in [5.74, 6) is -2.04. The second-order valence-corrected chi connectivity index (χ2v) is 13.0. The third kappa shape index (κ3) is 18.5. The molecule has 12 nitrogen and oxygen atoms in total. The van der Waals surface area contributed by atoms with Gasteiger partial charge in [-0.05, 0) is 74.7 Å². The average molecular weight is 678 g/mol. The number of Topliss-reactive ketones (excluding diaryl/α,β-unsaturated/α-hetero) is 1. The van der Waals surface area contributed by atoms with Crippen LogP contribution in [0, 0.1) is 5.92 Å². The molecule has 0 bridgehead atoms. The number of carboxylic acid groups (broad SMARTS) is 1. The maximum atomic E-state index is 12.9. The largest absolute Gasteiger partial charge is 0.480 e. The number of hydrogen-bond acceptors (Lipinski definition) is 8. The molecular formula is C34H55N5O7S. The molecule has 3 atom stereocenters. The van der Waals surface area contributed by atoms with E-state index in [2.05, 4.69) is 26.6 Å². The number of rotatable bonds is 25. The molecule has 0 radical (unpaired) electrons. The Morgan fingerprint density at radius 3 is 2.11 bits per heavy atom. The minimum absolute atomic E-state index is 0.0513. The van der Waals surface area contributed by atoms with E-state index in [1.54, 1.807) is 12.1 Å². The molecule has 0 spiro atoms. The number of ketones is 1. The van der Waals surface area contributed by atoms with Crippen molar-refractivity contribution >= 4 is 47.1 Å². The quantitative estimate of drug-likeness (QED) is 0.0847. The fraction of sp³-hybridized carbons (Fsp3) is 0.647. The molecule has 0 fully saturated rings. The first-order valence-electron chi connectivity index (χ1n) is 16.6. The Hall–Kier alpha value is -3.45. The van der Waals surface area contributed by atoms with Crippen LogP contribution in [0.2, 0.25) is 0 Å². The number of carbonyl (C=O) groups is 6. The third-order valence-corrected chi connectivity index (χ3v) is 8.34. The summed E-state index contributed by atoms with van der Waals surface area (Å²) in [6.07, 6.45) is 6.31. The first-order valence-corrected chi connectivity index (χ1v) is 18.0. The Morgan fingerprint density at radius 1 is 0.809 bits per heavy atom. The van der Waals surface area contributed by atoms with Crippen molar-refractivity contribution in [2.24, 2.45) is 5.92 Å². The number of aliphatic carboxylic acids is 1. The average Bonchev–Trinajstić information content (AvgIpc) is 3.05. The number of carboxylic acids is 1. The van der Waals surface area contributed by atoms with Crippen molar-refractivity contribution in [3.8, 4) is 0 Å². The third-order valence-electron chi connectivity index (χ3n) is 7.70. The van der Waals surface area contributed by atoms with Crippen LogP contribution in [0.25, 0.3) is 0 Å². The molecule has 47 heavy (non-hydrogen) atoms. The number of thioether (sulfide) groups is 1. The van der Waals surface area contributed by atoms with Crippen LogP contribution in [0.5, 0.6) is 0 Å². The lowest BCUT2D eigenvalue weighted by Gasteiger charge is -2.19. The summed E-state index contributed by atoms with van der Waals surface area (Å²) in [5.41, 5.74) is 1.44. The molecule has 13 heteroatoms. The molecule has 1 aromatic carbocycles. The molecule has 0 heterocycles. The lowest BCUT2D eigenvalue weighted by atomic mass is 9.99. The van der Waals surface area contributed by atoms with Gasteiger partial charge in [0.05, 0.1) is 6.54 Å². The summed E-state index contributed by atoms with van der Waals surface area (Å²) in [7, 11) is 0. The maximum Gasteiger partial charge on any atom is 0.326 e. The lowest BCUT2D eigenvalue weighted by Crippen LogP contribution is -2.51. The van der Waals surface area contributed by atoms with Crippen LogP contribution in [-0.4, -0.2) is 83.7 Å². The number of amides is 4. The maximum absolute atomic E-state index is 12.9. The van der Waals surface area contributed by atoms with Crippen molar-refractivity contribution in [1.29, 1.82) is 0 Å². The standard InChI is InChI=1S/C34H55N5O7S/c1-6-24(4)29(40)12-7-8-13-30(41)35-19-10-9-11-28(34(45)46)38-31(42)22-37-33(44)27(18-20-47-5)39-32(43)26-16-14-25(15-17-26)21-36-23(2)3/h14-17,23-24,27-28,36H,6-13,18-22H2,1-5H3,(H,35,41)(H,37,44)(H,38,42)(H,39,43)(H,45,46). The van der Waals surface area contributed by atoms with Gasteiger partial charge in [0.15, 0.2) is 0 Å². The van der Waals surface area contributed by atoms with Crippen molar-refractivity contribution in [2.75, 3.05) is 25.1 Å². The van der Waals surface area contributed by atoms with E-state index >= 15 is 0 Å². The smallest absolute Gasteiger partial charge is 0.326 e. The van der Waals surface area contributed by atoms with E-state index in [1.807, 2.05) is 46.1 Å². The van der Waals surface area contributed by atoms with E-state index < -0.39 is 42.3 Å². The molecule has 0 saturated heterocycles. The summed E-state index contributed by atoms with van der Waals surface area (Å²) in [4.78, 5) is 73.9. The molecule has 264 valence electrons.